The maximum Gasteiger partial charge on any atom is 0.315 e. The summed E-state index contributed by atoms with van der Waals surface area (Å²) >= 11 is 0. The number of aromatic nitrogens is 2. The van der Waals surface area contributed by atoms with Crippen LogP contribution >= 0.6 is 0 Å². The predicted octanol–water partition coefficient (Wildman–Crippen LogP) is 2.59. The van der Waals surface area contributed by atoms with Crippen LogP contribution in [0.4, 0.5) is 4.79 Å². The van der Waals surface area contributed by atoms with E-state index in [0.717, 1.165) is 36.5 Å². The van der Waals surface area contributed by atoms with E-state index in [0.29, 0.717) is 13.0 Å². The first-order valence-electron chi connectivity index (χ1n) is 8.89. The molecule has 2 heterocycles. The molecule has 0 bridgehead atoms. The first-order chi connectivity index (χ1) is 12.1. The molecule has 2 atom stereocenters. The van der Waals surface area contributed by atoms with Gasteiger partial charge < -0.3 is 15.4 Å². The van der Waals surface area contributed by atoms with Crippen molar-refractivity contribution in [2.75, 3.05) is 13.2 Å². The highest BCUT2D eigenvalue weighted by Crippen LogP contribution is 2.14. The van der Waals surface area contributed by atoms with Crippen LogP contribution in [0.25, 0.3) is 5.69 Å². The molecule has 2 N–H and O–H groups in total. The predicted molar refractivity (Wildman–Crippen MR) is 97.0 cm³/mol. The zero-order valence-electron chi connectivity index (χ0n) is 14.9. The Kier molecular flexibility index (Phi) is 5.71. The lowest BCUT2D eigenvalue weighted by molar-refractivity contribution is 0.111. The number of nitrogens with zero attached hydrogens (tertiary/aromatic N) is 2. The highest BCUT2D eigenvalue weighted by molar-refractivity contribution is 5.74. The van der Waals surface area contributed by atoms with Crippen molar-refractivity contribution in [3.63, 3.8) is 0 Å². The second-order valence-electron chi connectivity index (χ2n) is 6.62. The number of carbonyl (C=O) groups is 1. The lowest BCUT2D eigenvalue weighted by Crippen LogP contribution is -2.44. The fraction of sp³-hybridized carbons (Fsp3) is 0.474. The van der Waals surface area contributed by atoms with E-state index in [9.17, 15) is 4.79 Å². The maximum atomic E-state index is 12.1. The minimum atomic E-state index is -0.148. The molecule has 0 aliphatic carbocycles. The van der Waals surface area contributed by atoms with Crippen LogP contribution in [-0.4, -0.2) is 41.1 Å². The molecule has 6 nitrogen and oxygen atoms in total. The lowest BCUT2D eigenvalue weighted by Gasteiger charge is -2.17. The van der Waals surface area contributed by atoms with Crippen LogP contribution in [-0.2, 0) is 11.2 Å². The van der Waals surface area contributed by atoms with E-state index in [2.05, 4.69) is 21.8 Å². The third kappa shape index (κ3) is 4.82. The summed E-state index contributed by atoms with van der Waals surface area (Å²) in [5.41, 5.74) is 3.07. The van der Waals surface area contributed by atoms with Crippen molar-refractivity contribution >= 4 is 6.03 Å². The Bertz CT molecular complexity index is 693. The minimum absolute atomic E-state index is 0.00283. The number of ether oxygens (including phenoxy) is 1. The highest BCUT2D eigenvalue weighted by Gasteiger charge is 2.17. The standard InChI is InChI=1S/C19H26N4O2/c1-14(21-19(24)20-13-18-9-6-10-25-18)11-17-12-15(2)22-23(17)16-7-4-3-5-8-16/h3-5,7-8,12,14,18H,6,9-11,13H2,1-2H3,(H2,20,21,24)/t14-,18+/m0/s1. The molecule has 134 valence electrons. The second kappa shape index (κ2) is 8.16. The number of amides is 2. The summed E-state index contributed by atoms with van der Waals surface area (Å²) in [7, 11) is 0. The summed E-state index contributed by atoms with van der Waals surface area (Å²) in [6.45, 7) is 5.35. The first-order valence-corrected chi connectivity index (χ1v) is 8.89. The summed E-state index contributed by atoms with van der Waals surface area (Å²) in [4.78, 5) is 12.1. The van der Waals surface area contributed by atoms with Gasteiger partial charge in [-0.25, -0.2) is 9.48 Å². The summed E-state index contributed by atoms with van der Waals surface area (Å²) in [6.07, 6.45) is 2.96. The van der Waals surface area contributed by atoms with Crippen molar-refractivity contribution in [2.24, 2.45) is 0 Å². The molecule has 0 unspecified atom stereocenters. The second-order valence-corrected chi connectivity index (χ2v) is 6.62. The Morgan fingerprint density at radius 1 is 1.40 bits per heavy atom. The van der Waals surface area contributed by atoms with Gasteiger partial charge in [0.25, 0.3) is 0 Å². The number of hydrogen-bond acceptors (Lipinski definition) is 3. The Morgan fingerprint density at radius 2 is 2.20 bits per heavy atom. The van der Waals surface area contributed by atoms with Crippen LogP contribution in [0, 0.1) is 6.92 Å². The van der Waals surface area contributed by atoms with Gasteiger partial charge in [-0.05, 0) is 44.9 Å². The Hall–Kier alpha value is -2.34. The van der Waals surface area contributed by atoms with E-state index >= 15 is 0 Å². The van der Waals surface area contributed by atoms with Crippen molar-refractivity contribution < 1.29 is 9.53 Å². The van der Waals surface area contributed by atoms with Crippen LogP contribution < -0.4 is 10.6 Å². The largest absolute Gasteiger partial charge is 0.376 e. The van der Waals surface area contributed by atoms with Gasteiger partial charge in [-0.2, -0.15) is 5.10 Å². The molecule has 3 rings (SSSR count). The molecule has 1 fully saturated rings. The Morgan fingerprint density at radius 3 is 2.92 bits per heavy atom. The number of hydrogen-bond donors (Lipinski definition) is 2. The van der Waals surface area contributed by atoms with Crippen LogP contribution in [0.1, 0.15) is 31.2 Å². The van der Waals surface area contributed by atoms with Crippen molar-refractivity contribution in [3.05, 3.63) is 47.8 Å². The number of carbonyl (C=O) groups excluding carboxylic acids is 1. The van der Waals surface area contributed by atoms with Crippen molar-refractivity contribution in [2.45, 2.75) is 45.3 Å². The minimum Gasteiger partial charge on any atom is -0.376 e. The van der Waals surface area contributed by atoms with E-state index in [-0.39, 0.29) is 18.2 Å². The lowest BCUT2D eigenvalue weighted by atomic mass is 10.1. The highest BCUT2D eigenvalue weighted by atomic mass is 16.5. The number of urea groups is 1. The van der Waals surface area contributed by atoms with Gasteiger partial charge in [0, 0.05) is 31.3 Å². The zero-order chi connectivity index (χ0) is 17.6. The summed E-state index contributed by atoms with van der Waals surface area (Å²) in [5, 5.41) is 10.5. The molecular formula is C19H26N4O2. The smallest absolute Gasteiger partial charge is 0.315 e. The van der Waals surface area contributed by atoms with Crippen LogP contribution in [0.2, 0.25) is 0 Å². The number of nitrogens with one attached hydrogen (secondary N) is 2. The van der Waals surface area contributed by atoms with E-state index in [1.54, 1.807) is 0 Å². The average Bonchev–Trinajstić information content (AvgIpc) is 3.23. The van der Waals surface area contributed by atoms with E-state index in [1.165, 1.54) is 0 Å². The number of aryl methyl sites for hydroxylation is 1. The molecule has 0 saturated carbocycles. The molecule has 0 spiro atoms. The summed E-state index contributed by atoms with van der Waals surface area (Å²) < 4.78 is 7.46. The first kappa shape index (κ1) is 17.5. The molecular weight excluding hydrogens is 316 g/mol. The molecule has 2 amide bonds. The Labute approximate surface area is 148 Å². The van der Waals surface area contributed by atoms with E-state index < -0.39 is 0 Å². The molecule has 1 aliphatic heterocycles. The van der Waals surface area contributed by atoms with E-state index in [1.807, 2.05) is 48.9 Å². The summed E-state index contributed by atoms with van der Waals surface area (Å²) in [5.74, 6) is 0. The zero-order valence-corrected chi connectivity index (χ0v) is 14.9. The molecule has 6 heteroatoms. The van der Waals surface area contributed by atoms with Crippen LogP contribution in [0.15, 0.2) is 36.4 Å². The molecule has 25 heavy (non-hydrogen) atoms. The van der Waals surface area contributed by atoms with Gasteiger partial charge in [-0.15, -0.1) is 0 Å². The molecule has 1 aromatic carbocycles. The van der Waals surface area contributed by atoms with Gasteiger partial charge in [0.1, 0.15) is 0 Å². The maximum absolute atomic E-state index is 12.1. The third-order valence-corrected chi connectivity index (χ3v) is 4.31. The SMILES string of the molecule is Cc1cc(C[C@H](C)NC(=O)NC[C@H]2CCCO2)n(-c2ccccc2)n1. The molecule has 1 aromatic heterocycles. The van der Waals surface area contributed by atoms with Gasteiger partial charge in [0.05, 0.1) is 17.5 Å². The fourth-order valence-electron chi connectivity index (χ4n) is 3.14. The number of benzene rings is 1. The van der Waals surface area contributed by atoms with Crippen molar-refractivity contribution in [3.8, 4) is 5.69 Å². The van der Waals surface area contributed by atoms with Crippen LogP contribution in [0.5, 0.6) is 0 Å². The molecule has 1 aliphatic rings. The third-order valence-electron chi connectivity index (χ3n) is 4.31. The van der Waals surface area contributed by atoms with Gasteiger partial charge in [-0.1, -0.05) is 18.2 Å². The van der Waals surface area contributed by atoms with Gasteiger partial charge in [0.2, 0.25) is 0 Å². The number of rotatable bonds is 6. The molecule has 1 saturated heterocycles. The van der Waals surface area contributed by atoms with Gasteiger partial charge >= 0.3 is 6.03 Å². The summed E-state index contributed by atoms with van der Waals surface area (Å²) in [6, 6.07) is 12.0. The Balaban J connectivity index is 1.55. The van der Waals surface area contributed by atoms with E-state index in [4.69, 9.17) is 4.74 Å². The topological polar surface area (TPSA) is 68.2 Å². The fourth-order valence-corrected chi connectivity index (χ4v) is 3.14. The average molecular weight is 342 g/mol. The van der Waals surface area contributed by atoms with Crippen molar-refractivity contribution in [1.82, 2.24) is 20.4 Å². The van der Waals surface area contributed by atoms with Crippen LogP contribution in [0.3, 0.4) is 0 Å². The monoisotopic (exact) mass is 342 g/mol. The molecule has 2 aromatic rings. The molecule has 0 radical (unpaired) electrons. The van der Waals surface area contributed by atoms with Crippen molar-refractivity contribution in [1.29, 1.82) is 0 Å². The van der Waals surface area contributed by atoms with Gasteiger partial charge in [0.15, 0.2) is 0 Å². The van der Waals surface area contributed by atoms with Gasteiger partial charge in [-0.3, -0.25) is 0 Å². The quantitative estimate of drug-likeness (QED) is 0.848. The number of para-hydroxylation sites is 1. The normalized spacial score (nSPS) is 18.1.